The van der Waals surface area contributed by atoms with Gasteiger partial charge < -0.3 is 10.6 Å². The number of benzene rings is 1. The van der Waals surface area contributed by atoms with Crippen molar-refractivity contribution in [2.75, 3.05) is 18.0 Å². The molecule has 1 heterocycles. The smallest absolute Gasteiger partial charge is 0.139 e. The standard InChI is InChI=1S/C14H19N5/c1-3-19(8-10(2)13(15)16)14-11-6-4-5-7-12(11)17-9-18-14/h4-7,9-10H,3,8H2,1-2H3,(H3,15,16). The molecular weight excluding hydrogens is 238 g/mol. The Hall–Kier alpha value is -2.17. The maximum Gasteiger partial charge on any atom is 0.139 e. The van der Waals surface area contributed by atoms with Crippen LogP contribution in [-0.2, 0) is 0 Å². The molecule has 1 aromatic heterocycles. The first-order chi connectivity index (χ1) is 9.13. The van der Waals surface area contributed by atoms with Crippen molar-refractivity contribution in [3.63, 3.8) is 0 Å². The molecule has 5 heteroatoms. The molecule has 0 aliphatic carbocycles. The van der Waals surface area contributed by atoms with Crippen LogP contribution in [0.15, 0.2) is 30.6 Å². The third-order valence-corrected chi connectivity index (χ3v) is 3.23. The molecule has 19 heavy (non-hydrogen) atoms. The fourth-order valence-electron chi connectivity index (χ4n) is 2.04. The SMILES string of the molecule is CCN(CC(C)C(=N)N)c1ncnc2ccccc12. The minimum Gasteiger partial charge on any atom is -0.387 e. The van der Waals surface area contributed by atoms with Gasteiger partial charge in [0.05, 0.1) is 11.4 Å². The molecular formula is C14H19N5. The Morgan fingerprint density at radius 1 is 1.37 bits per heavy atom. The number of nitrogens with two attached hydrogens (primary N) is 1. The summed E-state index contributed by atoms with van der Waals surface area (Å²) in [6.07, 6.45) is 1.58. The van der Waals surface area contributed by atoms with Gasteiger partial charge in [-0.3, -0.25) is 5.41 Å². The molecule has 2 aromatic rings. The van der Waals surface area contributed by atoms with E-state index in [1.54, 1.807) is 6.33 Å². The summed E-state index contributed by atoms with van der Waals surface area (Å²) < 4.78 is 0. The number of nitrogens with zero attached hydrogens (tertiary/aromatic N) is 3. The Morgan fingerprint density at radius 3 is 2.79 bits per heavy atom. The lowest BCUT2D eigenvalue weighted by atomic mass is 10.1. The van der Waals surface area contributed by atoms with Crippen LogP contribution < -0.4 is 10.6 Å². The number of hydrogen-bond donors (Lipinski definition) is 2. The number of para-hydroxylation sites is 1. The normalized spacial score (nSPS) is 12.3. The maximum absolute atomic E-state index is 7.51. The van der Waals surface area contributed by atoms with E-state index in [1.807, 2.05) is 31.2 Å². The highest BCUT2D eigenvalue weighted by Crippen LogP contribution is 2.23. The molecule has 0 amide bonds. The van der Waals surface area contributed by atoms with Crippen LogP contribution in [0, 0.1) is 11.3 Å². The average Bonchev–Trinajstić information content (AvgIpc) is 2.44. The molecule has 5 nitrogen and oxygen atoms in total. The summed E-state index contributed by atoms with van der Waals surface area (Å²) in [6.45, 7) is 5.53. The second-order valence-electron chi connectivity index (χ2n) is 4.61. The molecule has 1 unspecified atom stereocenters. The van der Waals surface area contributed by atoms with Gasteiger partial charge in [-0.2, -0.15) is 0 Å². The first kappa shape index (κ1) is 13.3. The first-order valence-electron chi connectivity index (χ1n) is 6.42. The lowest BCUT2D eigenvalue weighted by molar-refractivity contribution is 0.692. The fraction of sp³-hybridized carbons (Fsp3) is 0.357. The van der Waals surface area contributed by atoms with Crippen molar-refractivity contribution in [2.45, 2.75) is 13.8 Å². The number of nitrogens with one attached hydrogen (secondary N) is 1. The van der Waals surface area contributed by atoms with Crippen LogP contribution in [0.5, 0.6) is 0 Å². The Kier molecular flexibility index (Phi) is 3.94. The van der Waals surface area contributed by atoms with Crippen LogP contribution in [0.25, 0.3) is 10.9 Å². The van der Waals surface area contributed by atoms with Gasteiger partial charge in [-0.15, -0.1) is 0 Å². The van der Waals surface area contributed by atoms with Gasteiger partial charge in [0.25, 0.3) is 0 Å². The van der Waals surface area contributed by atoms with Gasteiger partial charge >= 0.3 is 0 Å². The minimum atomic E-state index is 0.00803. The zero-order chi connectivity index (χ0) is 13.8. The molecule has 0 bridgehead atoms. The van der Waals surface area contributed by atoms with Crippen LogP contribution in [0.3, 0.4) is 0 Å². The van der Waals surface area contributed by atoms with E-state index in [0.717, 1.165) is 23.3 Å². The highest BCUT2D eigenvalue weighted by molar-refractivity contribution is 5.89. The molecule has 3 N–H and O–H groups in total. The lowest BCUT2D eigenvalue weighted by Crippen LogP contribution is -2.35. The maximum atomic E-state index is 7.51. The quantitative estimate of drug-likeness (QED) is 0.634. The van der Waals surface area contributed by atoms with E-state index in [0.29, 0.717) is 6.54 Å². The van der Waals surface area contributed by atoms with Crippen LogP contribution in [0.2, 0.25) is 0 Å². The van der Waals surface area contributed by atoms with E-state index in [2.05, 4.69) is 21.8 Å². The van der Waals surface area contributed by atoms with Gasteiger partial charge in [-0.05, 0) is 19.1 Å². The summed E-state index contributed by atoms with van der Waals surface area (Å²) in [5.41, 5.74) is 6.49. The van der Waals surface area contributed by atoms with Crippen molar-refractivity contribution in [1.82, 2.24) is 9.97 Å². The molecule has 0 aliphatic rings. The van der Waals surface area contributed by atoms with E-state index in [9.17, 15) is 0 Å². The Balaban J connectivity index is 2.38. The Labute approximate surface area is 113 Å². The minimum absolute atomic E-state index is 0.00803. The first-order valence-corrected chi connectivity index (χ1v) is 6.42. The lowest BCUT2D eigenvalue weighted by Gasteiger charge is -2.25. The molecule has 0 saturated heterocycles. The van der Waals surface area contributed by atoms with Gasteiger partial charge in [0.2, 0.25) is 0 Å². The summed E-state index contributed by atoms with van der Waals surface area (Å²) in [5, 5.41) is 8.54. The van der Waals surface area contributed by atoms with Gasteiger partial charge in [-0.1, -0.05) is 19.1 Å². The number of fused-ring (bicyclic) bond motifs is 1. The van der Waals surface area contributed by atoms with Gasteiger partial charge in [-0.25, -0.2) is 9.97 Å². The van der Waals surface area contributed by atoms with Crippen molar-refractivity contribution in [3.05, 3.63) is 30.6 Å². The van der Waals surface area contributed by atoms with Crippen molar-refractivity contribution in [1.29, 1.82) is 5.41 Å². The highest BCUT2D eigenvalue weighted by atomic mass is 15.2. The predicted octanol–water partition coefficient (Wildman–Crippen LogP) is 2.03. The van der Waals surface area contributed by atoms with Crippen LogP contribution in [0.4, 0.5) is 5.82 Å². The van der Waals surface area contributed by atoms with Crippen molar-refractivity contribution >= 4 is 22.6 Å². The summed E-state index contributed by atoms with van der Waals surface area (Å²) in [6, 6.07) is 7.94. The molecule has 100 valence electrons. The summed E-state index contributed by atoms with van der Waals surface area (Å²) >= 11 is 0. The van der Waals surface area contributed by atoms with E-state index in [-0.39, 0.29) is 11.8 Å². The van der Waals surface area contributed by atoms with Crippen LogP contribution in [-0.4, -0.2) is 28.9 Å². The van der Waals surface area contributed by atoms with E-state index in [1.165, 1.54) is 0 Å². The van der Waals surface area contributed by atoms with Gasteiger partial charge in [0, 0.05) is 24.4 Å². The number of rotatable bonds is 5. The molecule has 0 spiro atoms. The summed E-state index contributed by atoms with van der Waals surface area (Å²) in [5.74, 6) is 1.12. The van der Waals surface area contributed by atoms with E-state index >= 15 is 0 Å². The molecule has 0 aliphatic heterocycles. The highest BCUT2D eigenvalue weighted by Gasteiger charge is 2.15. The Morgan fingerprint density at radius 2 is 2.11 bits per heavy atom. The third kappa shape index (κ3) is 2.81. The van der Waals surface area contributed by atoms with Gasteiger partial charge in [0.1, 0.15) is 12.1 Å². The van der Waals surface area contributed by atoms with Gasteiger partial charge in [0.15, 0.2) is 0 Å². The summed E-state index contributed by atoms with van der Waals surface area (Å²) in [4.78, 5) is 10.8. The van der Waals surface area contributed by atoms with E-state index < -0.39 is 0 Å². The van der Waals surface area contributed by atoms with Crippen LogP contribution >= 0.6 is 0 Å². The van der Waals surface area contributed by atoms with Crippen LogP contribution in [0.1, 0.15) is 13.8 Å². The summed E-state index contributed by atoms with van der Waals surface area (Å²) in [7, 11) is 0. The predicted molar refractivity (Wildman–Crippen MR) is 78.5 cm³/mol. The van der Waals surface area contributed by atoms with E-state index in [4.69, 9.17) is 11.1 Å². The van der Waals surface area contributed by atoms with Crippen molar-refractivity contribution in [3.8, 4) is 0 Å². The number of anilines is 1. The average molecular weight is 257 g/mol. The molecule has 0 saturated carbocycles. The number of aromatic nitrogens is 2. The molecule has 0 radical (unpaired) electrons. The largest absolute Gasteiger partial charge is 0.387 e. The zero-order valence-electron chi connectivity index (χ0n) is 11.3. The second-order valence-corrected chi connectivity index (χ2v) is 4.61. The third-order valence-electron chi connectivity index (χ3n) is 3.23. The second kappa shape index (κ2) is 5.65. The van der Waals surface area contributed by atoms with Crippen molar-refractivity contribution < 1.29 is 0 Å². The Bertz CT molecular complexity index is 576. The topological polar surface area (TPSA) is 78.9 Å². The zero-order valence-corrected chi connectivity index (χ0v) is 11.3. The molecule has 1 atom stereocenters. The molecule has 1 aromatic carbocycles. The molecule has 0 fully saturated rings. The number of amidine groups is 1. The fourth-order valence-corrected chi connectivity index (χ4v) is 2.04. The number of hydrogen-bond acceptors (Lipinski definition) is 4. The van der Waals surface area contributed by atoms with Crippen molar-refractivity contribution in [2.24, 2.45) is 11.7 Å². The molecule has 2 rings (SSSR count). The monoisotopic (exact) mass is 257 g/mol.